The van der Waals surface area contributed by atoms with Crippen LogP contribution in [0.3, 0.4) is 0 Å². The highest BCUT2D eigenvalue weighted by Crippen LogP contribution is 2.26. The van der Waals surface area contributed by atoms with Crippen molar-refractivity contribution in [1.82, 2.24) is 10.6 Å². The van der Waals surface area contributed by atoms with Crippen LogP contribution in [0.15, 0.2) is 0 Å². The van der Waals surface area contributed by atoms with Crippen molar-refractivity contribution < 1.29 is 4.79 Å². The number of amides is 1. The summed E-state index contributed by atoms with van der Waals surface area (Å²) >= 11 is 0. The molecule has 2 aliphatic rings. The van der Waals surface area contributed by atoms with Gasteiger partial charge in [-0.3, -0.25) is 4.79 Å². The van der Waals surface area contributed by atoms with Crippen molar-refractivity contribution in [2.24, 2.45) is 11.8 Å². The summed E-state index contributed by atoms with van der Waals surface area (Å²) in [5, 5.41) is 6.57. The molecule has 2 N–H and O–H groups in total. The van der Waals surface area contributed by atoms with Crippen LogP contribution in [0.2, 0.25) is 0 Å². The third kappa shape index (κ3) is 2.71. The molecule has 0 bridgehead atoms. The second-order valence-electron chi connectivity index (χ2n) is 5.05. The van der Waals surface area contributed by atoms with Gasteiger partial charge in [-0.05, 0) is 38.1 Å². The largest absolute Gasteiger partial charge is 0.354 e. The van der Waals surface area contributed by atoms with Gasteiger partial charge in [0.1, 0.15) is 0 Å². The average molecular weight is 210 g/mol. The van der Waals surface area contributed by atoms with Crippen molar-refractivity contribution in [3.8, 4) is 0 Å². The first-order chi connectivity index (χ1) is 7.27. The molecule has 2 atom stereocenters. The maximum absolute atomic E-state index is 11.6. The topological polar surface area (TPSA) is 41.1 Å². The standard InChI is InChI=1S/C12H22N2O/c1-9-4-3-7-13-11(9)8-14-12(15)10-5-2-6-10/h9-11,13H,2-8H2,1H3,(H,14,15). The van der Waals surface area contributed by atoms with Crippen molar-refractivity contribution in [2.45, 2.75) is 45.1 Å². The molecule has 2 rings (SSSR count). The molecule has 2 fully saturated rings. The molecule has 0 spiro atoms. The van der Waals surface area contributed by atoms with Crippen molar-refractivity contribution >= 4 is 5.91 Å². The fourth-order valence-corrected chi connectivity index (χ4v) is 2.41. The lowest BCUT2D eigenvalue weighted by Crippen LogP contribution is -2.49. The van der Waals surface area contributed by atoms with Crippen molar-refractivity contribution in [1.29, 1.82) is 0 Å². The van der Waals surface area contributed by atoms with E-state index in [-0.39, 0.29) is 5.91 Å². The predicted octanol–water partition coefficient (Wildman–Crippen LogP) is 1.29. The number of hydrogen-bond acceptors (Lipinski definition) is 2. The second-order valence-corrected chi connectivity index (χ2v) is 5.05. The minimum Gasteiger partial charge on any atom is -0.354 e. The summed E-state index contributed by atoms with van der Waals surface area (Å²) in [5.41, 5.74) is 0. The van der Waals surface area contributed by atoms with Crippen LogP contribution in [0.5, 0.6) is 0 Å². The minimum atomic E-state index is 0.279. The quantitative estimate of drug-likeness (QED) is 0.737. The summed E-state index contributed by atoms with van der Waals surface area (Å²) < 4.78 is 0. The summed E-state index contributed by atoms with van der Waals surface area (Å²) in [6.07, 6.45) is 5.99. The van der Waals surface area contributed by atoms with Gasteiger partial charge in [0.05, 0.1) is 0 Å². The van der Waals surface area contributed by atoms with Crippen LogP contribution in [0.25, 0.3) is 0 Å². The molecule has 3 heteroatoms. The van der Waals surface area contributed by atoms with Crippen LogP contribution in [0, 0.1) is 11.8 Å². The zero-order chi connectivity index (χ0) is 10.7. The highest BCUT2D eigenvalue weighted by Gasteiger charge is 2.26. The zero-order valence-electron chi connectivity index (χ0n) is 9.59. The average Bonchev–Trinajstić information content (AvgIpc) is 2.14. The van der Waals surface area contributed by atoms with Gasteiger partial charge in [0.2, 0.25) is 5.91 Å². The molecule has 0 radical (unpaired) electrons. The molecular weight excluding hydrogens is 188 g/mol. The van der Waals surface area contributed by atoms with Gasteiger partial charge in [-0.2, -0.15) is 0 Å². The Kier molecular flexibility index (Phi) is 3.62. The van der Waals surface area contributed by atoms with Gasteiger partial charge < -0.3 is 10.6 Å². The van der Waals surface area contributed by atoms with E-state index in [9.17, 15) is 4.79 Å². The van der Waals surface area contributed by atoms with Crippen LogP contribution >= 0.6 is 0 Å². The van der Waals surface area contributed by atoms with E-state index in [0.29, 0.717) is 17.9 Å². The third-order valence-corrected chi connectivity index (χ3v) is 3.90. The lowest BCUT2D eigenvalue weighted by Gasteiger charge is -2.31. The van der Waals surface area contributed by atoms with Crippen LogP contribution in [0.1, 0.15) is 39.0 Å². The van der Waals surface area contributed by atoms with E-state index in [0.717, 1.165) is 25.9 Å². The van der Waals surface area contributed by atoms with Gasteiger partial charge in [-0.15, -0.1) is 0 Å². The Morgan fingerprint density at radius 3 is 2.73 bits per heavy atom. The number of carbonyl (C=O) groups is 1. The normalized spacial score (nSPS) is 32.1. The Hall–Kier alpha value is -0.570. The SMILES string of the molecule is CC1CCCNC1CNC(=O)C1CCC1. The monoisotopic (exact) mass is 210 g/mol. The maximum Gasteiger partial charge on any atom is 0.223 e. The van der Waals surface area contributed by atoms with Crippen molar-refractivity contribution in [3.05, 3.63) is 0 Å². The molecule has 15 heavy (non-hydrogen) atoms. The summed E-state index contributed by atoms with van der Waals surface area (Å²) in [5.74, 6) is 1.30. The fraction of sp³-hybridized carbons (Fsp3) is 0.917. The fourth-order valence-electron chi connectivity index (χ4n) is 2.41. The van der Waals surface area contributed by atoms with E-state index in [2.05, 4.69) is 17.6 Å². The molecule has 86 valence electrons. The Labute approximate surface area is 92.0 Å². The van der Waals surface area contributed by atoms with Gasteiger partial charge in [0.15, 0.2) is 0 Å². The zero-order valence-corrected chi connectivity index (χ0v) is 9.59. The van der Waals surface area contributed by atoms with E-state index in [1.54, 1.807) is 0 Å². The summed E-state index contributed by atoms with van der Waals surface area (Å²) in [4.78, 5) is 11.6. The minimum absolute atomic E-state index is 0.279. The Morgan fingerprint density at radius 1 is 1.33 bits per heavy atom. The first kappa shape index (κ1) is 10.9. The van der Waals surface area contributed by atoms with Crippen LogP contribution in [-0.4, -0.2) is 25.0 Å². The van der Waals surface area contributed by atoms with Gasteiger partial charge in [0, 0.05) is 18.5 Å². The number of hydrogen-bond donors (Lipinski definition) is 2. The Morgan fingerprint density at radius 2 is 2.13 bits per heavy atom. The number of piperidine rings is 1. The first-order valence-corrected chi connectivity index (χ1v) is 6.28. The Bertz CT molecular complexity index is 226. The summed E-state index contributed by atoms with van der Waals surface area (Å²) in [6, 6.07) is 0.489. The molecule has 0 aromatic rings. The third-order valence-electron chi connectivity index (χ3n) is 3.90. The van der Waals surface area contributed by atoms with Crippen molar-refractivity contribution in [2.75, 3.05) is 13.1 Å². The molecule has 2 unspecified atom stereocenters. The maximum atomic E-state index is 11.6. The molecule has 1 saturated heterocycles. The van der Waals surface area contributed by atoms with E-state index < -0.39 is 0 Å². The molecule has 0 aromatic carbocycles. The van der Waals surface area contributed by atoms with Gasteiger partial charge in [-0.1, -0.05) is 13.3 Å². The lowest BCUT2D eigenvalue weighted by molar-refractivity contribution is -0.127. The Balaban J connectivity index is 1.69. The van der Waals surface area contributed by atoms with Gasteiger partial charge in [0.25, 0.3) is 0 Å². The molecule has 1 amide bonds. The summed E-state index contributed by atoms with van der Waals surface area (Å²) in [7, 11) is 0. The number of rotatable bonds is 3. The predicted molar refractivity (Wildman–Crippen MR) is 60.5 cm³/mol. The highest BCUT2D eigenvalue weighted by molar-refractivity contribution is 5.79. The van der Waals surface area contributed by atoms with Gasteiger partial charge >= 0.3 is 0 Å². The second kappa shape index (κ2) is 4.97. The van der Waals surface area contributed by atoms with E-state index in [1.807, 2.05) is 0 Å². The number of carbonyl (C=O) groups excluding carboxylic acids is 1. The molecule has 1 aliphatic heterocycles. The summed E-state index contributed by atoms with van der Waals surface area (Å²) in [6.45, 7) is 4.19. The van der Waals surface area contributed by atoms with E-state index >= 15 is 0 Å². The van der Waals surface area contributed by atoms with Crippen LogP contribution in [0.4, 0.5) is 0 Å². The van der Waals surface area contributed by atoms with Gasteiger partial charge in [-0.25, -0.2) is 0 Å². The lowest BCUT2D eigenvalue weighted by atomic mass is 9.84. The van der Waals surface area contributed by atoms with E-state index in [4.69, 9.17) is 0 Å². The van der Waals surface area contributed by atoms with Crippen molar-refractivity contribution in [3.63, 3.8) is 0 Å². The molecule has 1 aliphatic carbocycles. The molecule has 3 nitrogen and oxygen atoms in total. The molecule has 1 saturated carbocycles. The molecule has 0 aromatic heterocycles. The molecular formula is C12H22N2O. The number of nitrogens with one attached hydrogen (secondary N) is 2. The first-order valence-electron chi connectivity index (χ1n) is 6.28. The smallest absolute Gasteiger partial charge is 0.223 e. The van der Waals surface area contributed by atoms with Crippen LogP contribution < -0.4 is 10.6 Å². The van der Waals surface area contributed by atoms with E-state index in [1.165, 1.54) is 19.3 Å². The van der Waals surface area contributed by atoms with Crippen LogP contribution in [-0.2, 0) is 4.79 Å². The highest BCUT2D eigenvalue weighted by atomic mass is 16.1. The molecule has 1 heterocycles.